The summed E-state index contributed by atoms with van der Waals surface area (Å²) in [5.74, 6) is -0.990. The van der Waals surface area contributed by atoms with Crippen molar-refractivity contribution in [1.82, 2.24) is 0 Å². The highest BCUT2D eigenvalue weighted by Crippen LogP contribution is 2.37. The second-order valence-electron chi connectivity index (χ2n) is 3.91. The summed E-state index contributed by atoms with van der Waals surface area (Å²) in [4.78, 5) is 10.9. The summed E-state index contributed by atoms with van der Waals surface area (Å²) in [6.45, 7) is 1.36. The van der Waals surface area contributed by atoms with Crippen LogP contribution in [-0.4, -0.2) is 11.8 Å². The second-order valence-corrected chi connectivity index (χ2v) is 3.91. The topological polar surface area (TPSA) is 35.5 Å². The van der Waals surface area contributed by atoms with Gasteiger partial charge < -0.3 is 9.47 Å². The Kier molecular flexibility index (Phi) is 2.81. The Morgan fingerprint density at radius 2 is 1.94 bits per heavy atom. The van der Waals surface area contributed by atoms with Gasteiger partial charge in [-0.25, -0.2) is 4.39 Å². The Morgan fingerprint density at radius 1 is 1.31 bits per heavy atom. The minimum Gasteiger partial charge on any atom is -0.452 e. The predicted octanol–water partition coefficient (Wildman–Crippen LogP) is 2.65. The fraction of sp³-hybridized carbons (Fsp3) is 0.417. The van der Waals surface area contributed by atoms with E-state index in [0.717, 1.165) is 6.42 Å². The molecule has 0 aliphatic heterocycles. The number of rotatable bonds is 3. The first-order valence-corrected chi connectivity index (χ1v) is 5.24. The SMILES string of the molecule is CC(=O)OC1(Oc2ccc(F)cc2)CCC1. The third-order valence-corrected chi connectivity index (χ3v) is 2.56. The van der Waals surface area contributed by atoms with E-state index in [9.17, 15) is 9.18 Å². The minimum absolute atomic E-state index is 0.317. The monoisotopic (exact) mass is 224 g/mol. The highest BCUT2D eigenvalue weighted by molar-refractivity contribution is 5.66. The molecule has 2 rings (SSSR count). The van der Waals surface area contributed by atoms with Crippen molar-refractivity contribution >= 4 is 5.97 Å². The smallest absolute Gasteiger partial charge is 0.305 e. The van der Waals surface area contributed by atoms with Crippen molar-refractivity contribution < 1.29 is 18.7 Å². The number of carbonyl (C=O) groups excluding carboxylic acids is 1. The van der Waals surface area contributed by atoms with Crippen LogP contribution in [0.3, 0.4) is 0 Å². The van der Waals surface area contributed by atoms with Gasteiger partial charge in [0.05, 0.1) is 0 Å². The summed E-state index contributed by atoms with van der Waals surface area (Å²) in [5.41, 5.74) is 0. The highest BCUT2D eigenvalue weighted by atomic mass is 19.1. The summed E-state index contributed by atoms with van der Waals surface area (Å²) in [6.07, 6.45) is 2.34. The lowest BCUT2D eigenvalue weighted by molar-refractivity contribution is -0.223. The molecule has 0 radical (unpaired) electrons. The van der Waals surface area contributed by atoms with E-state index in [1.54, 1.807) is 0 Å². The van der Waals surface area contributed by atoms with Gasteiger partial charge in [0, 0.05) is 19.8 Å². The molecule has 16 heavy (non-hydrogen) atoms. The summed E-state index contributed by atoms with van der Waals surface area (Å²) in [7, 11) is 0. The lowest BCUT2D eigenvalue weighted by atomic mass is 9.91. The van der Waals surface area contributed by atoms with E-state index in [2.05, 4.69) is 0 Å². The van der Waals surface area contributed by atoms with Crippen LogP contribution in [-0.2, 0) is 9.53 Å². The van der Waals surface area contributed by atoms with Gasteiger partial charge in [-0.05, 0) is 30.7 Å². The first-order chi connectivity index (χ1) is 7.60. The average molecular weight is 224 g/mol. The zero-order valence-electron chi connectivity index (χ0n) is 9.03. The minimum atomic E-state index is -0.830. The third-order valence-electron chi connectivity index (χ3n) is 2.56. The van der Waals surface area contributed by atoms with Gasteiger partial charge in [-0.3, -0.25) is 4.79 Å². The van der Waals surface area contributed by atoms with Gasteiger partial charge in [0.15, 0.2) is 0 Å². The van der Waals surface area contributed by atoms with Crippen LogP contribution in [0.25, 0.3) is 0 Å². The van der Waals surface area contributed by atoms with Crippen LogP contribution >= 0.6 is 0 Å². The van der Waals surface area contributed by atoms with Gasteiger partial charge in [0.2, 0.25) is 0 Å². The van der Waals surface area contributed by atoms with Gasteiger partial charge in [0.25, 0.3) is 5.79 Å². The molecule has 1 fully saturated rings. The van der Waals surface area contributed by atoms with Gasteiger partial charge >= 0.3 is 5.97 Å². The average Bonchev–Trinajstić information content (AvgIpc) is 2.17. The molecule has 1 saturated carbocycles. The van der Waals surface area contributed by atoms with Crippen LogP contribution in [0.5, 0.6) is 5.75 Å². The quantitative estimate of drug-likeness (QED) is 0.585. The number of ether oxygens (including phenoxy) is 2. The van der Waals surface area contributed by atoms with Crippen molar-refractivity contribution in [2.75, 3.05) is 0 Å². The molecular formula is C12H13FO3. The molecule has 0 unspecified atom stereocenters. The van der Waals surface area contributed by atoms with Crippen molar-refractivity contribution in [2.24, 2.45) is 0 Å². The van der Waals surface area contributed by atoms with Crippen LogP contribution in [0.2, 0.25) is 0 Å². The van der Waals surface area contributed by atoms with Crippen molar-refractivity contribution in [3.63, 3.8) is 0 Å². The molecule has 1 aromatic rings. The third kappa shape index (κ3) is 2.32. The maximum absolute atomic E-state index is 12.7. The molecule has 0 spiro atoms. The number of esters is 1. The number of halogens is 1. The molecule has 0 aromatic heterocycles. The molecular weight excluding hydrogens is 211 g/mol. The van der Waals surface area contributed by atoms with E-state index < -0.39 is 5.79 Å². The summed E-state index contributed by atoms with van der Waals surface area (Å²) < 4.78 is 23.4. The number of hydrogen-bond donors (Lipinski definition) is 0. The molecule has 0 N–H and O–H groups in total. The van der Waals surface area contributed by atoms with E-state index in [4.69, 9.17) is 9.47 Å². The van der Waals surface area contributed by atoms with Crippen molar-refractivity contribution in [3.05, 3.63) is 30.1 Å². The Hall–Kier alpha value is -1.58. The zero-order chi connectivity index (χ0) is 11.6. The fourth-order valence-electron chi connectivity index (χ4n) is 1.67. The van der Waals surface area contributed by atoms with E-state index in [1.165, 1.54) is 31.2 Å². The van der Waals surface area contributed by atoms with Crippen LogP contribution in [0.15, 0.2) is 24.3 Å². The Bertz CT molecular complexity index is 382. The van der Waals surface area contributed by atoms with E-state index >= 15 is 0 Å². The van der Waals surface area contributed by atoms with E-state index in [1.807, 2.05) is 0 Å². The lowest BCUT2D eigenvalue weighted by Gasteiger charge is -2.40. The zero-order valence-corrected chi connectivity index (χ0v) is 9.03. The molecule has 1 aromatic carbocycles. The summed E-state index contributed by atoms with van der Waals surface area (Å²) in [5, 5.41) is 0. The molecule has 1 aliphatic carbocycles. The molecule has 4 heteroatoms. The van der Waals surface area contributed by atoms with Gasteiger partial charge in [-0.2, -0.15) is 0 Å². The van der Waals surface area contributed by atoms with Gasteiger partial charge in [-0.15, -0.1) is 0 Å². The summed E-state index contributed by atoms with van der Waals surface area (Å²) >= 11 is 0. The highest BCUT2D eigenvalue weighted by Gasteiger charge is 2.42. The Balaban J connectivity index is 2.06. The molecule has 3 nitrogen and oxygen atoms in total. The van der Waals surface area contributed by atoms with Crippen molar-refractivity contribution in [3.8, 4) is 5.75 Å². The van der Waals surface area contributed by atoms with Crippen LogP contribution < -0.4 is 4.74 Å². The first-order valence-electron chi connectivity index (χ1n) is 5.24. The standard InChI is InChI=1S/C12H13FO3/c1-9(14)15-12(7-2-8-12)16-11-5-3-10(13)4-6-11/h3-6H,2,7-8H2,1H3. The van der Waals surface area contributed by atoms with Crippen molar-refractivity contribution in [2.45, 2.75) is 32.0 Å². The van der Waals surface area contributed by atoms with Crippen LogP contribution in [0.1, 0.15) is 26.2 Å². The second kappa shape index (κ2) is 4.12. The molecule has 0 bridgehead atoms. The van der Waals surface area contributed by atoms with E-state index in [-0.39, 0.29) is 11.8 Å². The number of benzene rings is 1. The molecule has 86 valence electrons. The van der Waals surface area contributed by atoms with Crippen LogP contribution in [0.4, 0.5) is 4.39 Å². The maximum atomic E-state index is 12.7. The summed E-state index contributed by atoms with van der Waals surface area (Å²) in [6, 6.07) is 5.68. The molecule has 0 atom stereocenters. The molecule has 0 saturated heterocycles. The molecule has 0 heterocycles. The lowest BCUT2D eigenvalue weighted by Crippen LogP contribution is -2.46. The van der Waals surface area contributed by atoms with Gasteiger partial charge in [-0.1, -0.05) is 0 Å². The molecule has 1 aliphatic rings. The fourth-order valence-corrected chi connectivity index (χ4v) is 1.67. The largest absolute Gasteiger partial charge is 0.452 e. The number of carbonyl (C=O) groups is 1. The van der Waals surface area contributed by atoms with Crippen molar-refractivity contribution in [1.29, 1.82) is 0 Å². The Labute approximate surface area is 93.2 Å². The van der Waals surface area contributed by atoms with Gasteiger partial charge in [0.1, 0.15) is 11.6 Å². The van der Waals surface area contributed by atoms with E-state index in [0.29, 0.717) is 18.6 Å². The molecule has 0 amide bonds. The maximum Gasteiger partial charge on any atom is 0.305 e. The normalized spacial score (nSPS) is 17.4. The number of hydrogen-bond acceptors (Lipinski definition) is 3. The van der Waals surface area contributed by atoms with Crippen LogP contribution in [0, 0.1) is 5.82 Å². The Morgan fingerprint density at radius 3 is 2.38 bits per heavy atom. The predicted molar refractivity (Wildman–Crippen MR) is 55.4 cm³/mol. The first kappa shape index (κ1) is 10.9.